The van der Waals surface area contributed by atoms with E-state index in [9.17, 15) is 4.39 Å². The molecule has 0 radical (unpaired) electrons. The Balaban J connectivity index is 1.67. The molecule has 1 saturated heterocycles. The number of halogens is 2. The molecule has 2 aromatic carbocycles. The Kier molecular flexibility index (Phi) is 4.84. The van der Waals surface area contributed by atoms with Crippen LogP contribution in [0, 0.1) is 5.82 Å². The van der Waals surface area contributed by atoms with Crippen molar-refractivity contribution in [3.8, 4) is 5.75 Å². The van der Waals surface area contributed by atoms with Crippen molar-refractivity contribution >= 4 is 17.3 Å². The van der Waals surface area contributed by atoms with Gasteiger partial charge in [0.1, 0.15) is 18.2 Å². The maximum atomic E-state index is 13.8. The SMILES string of the molecule is Fc1cc(Cl)ccc1COc1cccc(N2CCCCC2)c1. The lowest BCUT2D eigenvalue weighted by Crippen LogP contribution is -2.29. The van der Waals surface area contributed by atoms with Gasteiger partial charge in [0.2, 0.25) is 0 Å². The van der Waals surface area contributed by atoms with E-state index in [2.05, 4.69) is 11.0 Å². The Labute approximate surface area is 135 Å². The second-order valence-corrected chi connectivity index (χ2v) is 6.01. The van der Waals surface area contributed by atoms with Crippen LogP contribution in [0.4, 0.5) is 10.1 Å². The first-order chi connectivity index (χ1) is 10.7. The summed E-state index contributed by atoms with van der Waals surface area (Å²) in [6.45, 7) is 2.39. The molecule has 0 aromatic heterocycles. The largest absolute Gasteiger partial charge is 0.489 e. The van der Waals surface area contributed by atoms with Crippen LogP contribution in [0.3, 0.4) is 0 Å². The van der Waals surface area contributed by atoms with Crippen LogP contribution in [0.1, 0.15) is 24.8 Å². The number of hydrogen-bond donors (Lipinski definition) is 0. The molecule has 0 bridgehead atoms. The van der Waals surface area contributed by atoms with Crippen LogP contribution >= 0.6 is 11.6 Å². The molecule has 0 saturated carbocycles. The molecule has 1 fully saturated rings. The van der Waals surface area contributed by atoms with E-state index in [-0.39, 0.29) is 12.4 Å². The van der Waals surface area contributed by atoms with Crippen molar-refractivity contribution in [2.24, 2.45) is 0 Å². The van der Waals surface area contributed by atoms with Crippen LogP contribution in [-0.2, 0) is 6.61 Å². The van der Waals surface area contributed by atoms with Gasteiger partial charge in [-0.3, -0.25) is 0 Å². The van der Waals surface area contributed by atoms with E-state index >= 15 is 0 Å². The fraction of sp³-hybridized carbons (Fsp3) is 0.333. The summed E-state index contributed by atoms with van der Waals surface area (Å²) in [5, 5.41) is 0.397. The fourth-order valence-electron chi connectivity index (χ4n) is 2.72. The number of rotatable bonds is 4. The topological polar surface area (TPSA) is 12.5 Å². The van der Waals surface area contributed by atoms with E-state index in [1.54, 1.807) is 12.1 Å². The molecule has 22 heavy (non-hydrogen) atoms. The molecule has 1 aliphatic heterocycles. The van der Waals surface area contributed by atoms with E-state index in [1.165, 1.54) is 31.0 Å². The van der Waals surface area contributed by atoms with Gasteiger partial charge in [-0.15, -0.1) is 0 Å². The molecule has 0 unspecified atom stereocenters. The fourth-order valence-corrected chi connectivity index (χ4v) is 2.88. The van der Waals surface area contributed by atoms with Gasteiger partial charge < -0.3 is 9.64 Å². The summed E-state index contributed by atoms with van der Waals surface area (Å²) in [5.74, 6) is 0.428. The van der Waals surface area contributed by atoms with Crippen molar-refractivity contribution in [3.63, 3.8) is 0 Å². The lowest BCUT2D eigenvalue weighted by atomic mass is 10.1. The smallest absolute Gasteiger partial charge is 0.131 e. The van der Waals surface area contributed by atoms with Crippen molar-refractivity contribution in [1.82, 2.24) is 0 Å². The van der Waals surface area contributed by atoms with Crippen molar-refractivity contribution in [3.05, 3.63) is 58.9 Å². The summed E-state index contributed by atoms with van der Waals surface area (Å²) in [6, 6.07) is 12.7. The zero-order valence-corrected chi connectivity index (χ0v) is 13.2. The highest BCUT2D eigenvalue weighted by Crippen LogP contribution is 2.25. The number of anilines is 1. The van der Waals surface area contributed by atoms with Gasteiger partial charge in [-0.2, -0.15) is 0 Å². The molecule has 0 amide bonds. The summed E-state index contributed by atoms with van der Waals surface area (Å²) in [4.78, 5) is 2.37. The number of ether oxygens (including phenoxy) is 1. The highest BCUT2D eigenvalue weighted by atomic mass is 35.5. The summed E-state index contributed by atoms with van der Waals surface area (Å²) in [5.41, 5.74) is 1.68. The standard InChI is InChI=1S/C18H19ClFNO/c19-15-8-7-14(18(20)11-15)13-22-17-6-4-5-16(12-17)21-9-2-1-3-10-21/h4-8,11-12H,1-3,9-10,13H2. The Morgan fingerprint density at radius 1 is 1.05 bits per heavy atom. The first-order valence-electron chi connectivity index (χ1n) is 7.64. The van der Waals surface area contributed by atoms with E-state index in [0.29, 0.717) is 10.6 Å². The Hall–Kier alpha value is -1.74. The molecule has 0 N–H and O–H groups in total. The minimum atomic E-state index is -0.334. The maximum absolute atomic E-state index is 13.8. The zero-order valence-electron chi connectivity index (χ0n) is 12.4. The van der Waals surface area contributed by atoms with Gasteiger partial charge in [0.25, 0.3) is 0 Å². The summed E-state index contributed by atoms with van der Waals surface area (Å²) in [6.07, 6.45) is 3.78. The molecule has 116 valence electrons. The quantitative estimate of drug-likeness (QED) is 0.782. The van der Waals surface area contributed by atoms with Crippen LogP contribution in [0.15, 0.2) is 42.5 Å². The van der Waals surface area contributed by atoms with Crippen LogP contribution in [0.5, 0.6) is 5.75 Å². The molecular formula is C18H19ClFNO. The molecule has 1 heterocycles. The lowest BCUT2D eigenvalue weighted by molar-refractivity contribution is 0.300. The molecule has 0 atom stereocenters. The Morgan fingerprint density at radius 2 is 1.86 bits per heavy atom. The van der Waals surface area contributed by atoms with Crippen LogP contribution in [-0.4, -0.2) is 13.1 Å². The molecule has 3 rings (SSSR count). The van der Waals surface area contributed by atoms with Crippen LogP contribution in [0.25, 0.3) is 0 Å². The molecular weight excluding hydrogens is 301 g/mol. The predicted molar refractivity (Wildman–Crippen MR) is 88.2 cm³/mol. The third-order valence-corrected chi connectivity index (χ3v) is 4.18. The molecule has 4 heteroatoms. The first kappa shape index (κ1) is 15.2. The maximum Gasteiger partial charge on any atom is 0.131 e. The monoisotopic (exact) mass is 319 g/mol. The van der Waals surface area contributed by atoms with Gasteiger partial charge in [0.15, 0.2) is 0 Å². The molecule has 0 spiro atoms. The van der Waals surface area contributed by atoms with Crippen molar-refractivity contribution in [2.45, 2.75) is 25.9 Å². The lowest BCUT2D eigenvalue weighted by Gasteiger charge is -2.29. The minimum Gasteiger partial charge on any atom is -0.489 e. The molecule has 2 aromatic rings. The summed E-state index contributed by atoms with van der Waals surface area (Å²) in [7, 11) is 0. The number of nitrogens with zero attached hydrogens (tertiary/aromatic N) is 1. The number of hydrogen-bond acceptors (Lipinski definition) is 2. The number of piperidine rings is 1. The van der Waals surface area contributed by atoms with E-state index in [0.717, 1.165) is 18.8 Å². The first-order valence-corrected chi connectivity index (χ1v) is 8.02. The normalized spacial score (nSPS) is 14.9. The van der Waals surface area contributed by atoms with Crippen LogP contribution in [0.2, 0.25) is 5.02 Å². The van der Waals surface area contributed by atoms with Gasteiger partial charge in [0.05, 0.1) is 0 Å². The average molecular weight is 320 g/mol. The van der Waals surface area contributed by atoms with E-state index in [4.69, 9.17) is 16.3 Å². The molecule has 2 nitrogen and oxygen atoms in total. The van der Waals surface area contributed by atoms with E-state index in [1.807, 2.05) is 18.2 Å². The van der Waals surface area contributed by atoms with Gasteiger partial charge >= 0.3 is 0 Å². The molecule has 1 aliphatic rings. The molecule has 0 aliphatic carbocycles. The van der Waals surface area contributed by atoms with Gasteiger partial charge in [-0.05, 0) is 43.5 Å². The average Bonchev–Trinajstić information content (AvgIpc) is 2.55. The second kappa shape index (κ2) is 7.01. The third kappa shape index (κ3) is 3.72. The summed E-state index contributed by atoms with van der Waals surface area (Å²) >= 11 is 5.75. The number of benzene rings is 2. The highest BCUT2D eigenvalue weighted by Gasteiger charge is 2.11. The summed E-state index contributed by atoms with van der Waals surface area (Å²) < 4.78 is 19.5. The van der Waals surface area contributed by atoms with Gasteiger partial charge in [0, 0.05) is 35.4 Å². The zero-order chi connectivity index (χ0) is 15.4. The predicted octanol–water partition coefficient (Wildman–Crippen LogP) is 5.05. The second-order valence-electron chi connectivity index (χ2n) is 5.57. The van der Waals surface area contributed by atoms with Crippen molar-refractivity contribution in [1.29, 1.82) is 0 Å². The Bertz CT molecular complexity index is 641. The van der Waals surface area contributed by atoms with E-state index < -0.39 is 0 Å². The van der Waals surface area contributed by atoms with Gasteiger partial charge in [-0.1, -0.05) is 23.7 Å². The third-order valence-electron chi connectivity index (χ3n) is 3.95. The highest BCUT2D eigenvalue weighted by molar-refractivity contribution is 6.30. The Morgan fingerprint density at radius 3 is 2.64 bits per heavy atom. The van der Waals surface area contributed by atoms with Crippen molar-refractivity contribution < 1.29 is 9.13 Å². The van der Waals surface area contributed by atoms with Crippen LogP contribution < -0.4 is 9.64 Å². The minimum absolute atomic E-state index is 0.201. The van der Waals surface area contributed by atoms with Gasteiger partial charge in [-0.25, -0.2) is 4.39 Å². The van der Waals surface area contributed by atoms with Crippen molar-refractivity contribution in [2.75, 3.05) is 18.0 Å².